The van der Waals surface area contributed by atoms with Crippen molar-refractivity contribution in [3.8, 4) is 0 Å². The summed E-state index contributed by atoms with van der Waals surface area (Å²) in [6.45, 7) is 4.64. The third-order valence-corrected chi connectivity index (χ3v) is 2.84. The molecule has 116 valence electrons. The van der Waals surface area contributed by atoms with Crippen molar-refractivity contribution in [2.45, 2.75) is 26.4 Å². The molecule has 1 amide bonds. The van der Waals surface area contributed by atoms with Crippen LogP contribution in [0, 0.1) is 10.1 Å². The van der Waals surface area contributed by atoms with Crippen LogP contribution in [-0.4, -0.2) is 42.4 Å². The van der Waals surface area contributed by atoms with Gasteiger partial charge in [0.15, 0.2) is 0 Å². The van der Waals surface area contributed by atoms with Gasteiger partial charge in [-0.05, 0) is 32.5 Å². The summed E-state index contributed by atoms with van der Waals surface area (Å²) < 4.78 is 0. The highest BCUT2D eigenvalue weighted by Crippen LogP contribution is 2.25. The molecule has 0 heterocycles. The summed E-state index contributed by atoms with van der Waals surface area (Å²) in [5, 5.41) is 16.5. The smallest absolute Gasteiger partial charge is 0.292 e. The molecule has 0 saturated carbocycles. The Morgan fingerprint density at radius 1 is 1.43 bits per heavy atom. The van der Waals surface area contributed by atoms with Gasteiger partial charge in [-0.25, -0.2) is 0 Å². The maximum Gasteiger partial charge on any atom is 0.292 e. The Balaban J connectivity index is 2.70. The van der Waals surface area contributed by atoms with Gasteiger partial charge < -0.3 is 10.6 Å². The van der Waals surface area contributed by atoms with Crippen molar-refractivity contribution < 1.29 is 9.72 Å². The number of nitro groups is 1. The third-order valence-electron chi connectivity index (χ3n) is 2.84. The van der Waals surface area contributed by atoms with Crippen LogP contribution in [0.5, 0.6) is 0 Å². The Bertz CT molecular complexity index is 517. The first-order valence-corrected chi connectivity index (χ1v) is 6.76. The molecule has 0 aliphatic rings. The fourth-order valence-electron chi connectivity index (χ4n) is 2.02. The summed E-state index contributed by atoms with van der Waals surface area (Å²) in [6, 6.07) is 5.02. The summed E-state index contributed by atoms with van der Waals surface area (Å²) >= 11 is 0. The molecular weight excluding hydrogens is 272 g/mol. The predicted octanol–water partition coefficient (Wildman–Crippen LogP) is 1.59. The molecule has 21 heavy (non-hydrogen) atoms. The lowest BCUT2D eigenvalue weighted by Crippen LogP contribution is -2.38. The van der Waals surface area contributed by atoms with E-state index in [0.717, 1.165) is 5.56 Å². The molecule has 0 aliphatic heterocycles. The van der Waals surface area contributed by atoms with Gasteiger partial charge in [0.25, 0.3) is 5.69 Å². The molecule has 0 aromatic heterocycles. The number of nitrogens with zero attached hydrogens (tertiary/aromatic N) is 2. The lowest BCUT2D eigenvalue weighted by Gasteiger charge is -2.18. The number of nitrogens with one attached hydrogen (secondary N) is 2. The maximum atomic E-state index is 11.7. The minimum absolute atomic E-state index is 0.0387. The molecule has 1 aromatic rings. The number of hydrogen-bond acceptors (Lipinski definition) is 5. The van der Waals surface area contributed by atoms with Crippen molar-refractivity contribution >= 4 is 17.3 Å². The van der Waals surface area contributed by atoms with Gasteiger partial charge in [0.05, 0.1) is 11.5 Å². The molecule has 0 fully saturated rings. The Morgan fingerprint density at radius 2 is 2.10 bits per heavy atom. The van der Waals surface area contributed by atoms with Gasteiger partial charge in [0.2, 0.25) is 5.91 Å². The van der Waals surface area contributed by atoms with Gasteiger partial charge in [-0.15, -0.1) is 0 Å². The van der Waals surface area contributed by atoms with Crippen molar-refractivity contribution in [1.82, 2.24) is 10.2 Å². The van der Waals surface area contributed by atoms with E-state index in [1.165, 1.54) is 6.07 Å². The molecule has 1 aromatic carbocycles. The van der Waals surface area contributed by atoms with Crippen LogP contribution in [-0.2, 0) is 11.3 Å². The van der Waals surface area contributed by atoms with Crippen LogP contribution in [0.3, 0.4) is 0 Å². The summed E-state index contributed by atoms with van der Waals surface area (Å²) in [7, 11) is 3.48. The highest BCUT2D eigenvalue weighted by molar-refractivity contribution is 5.78. The second-order valence-corrected chi connectivity index (χ2v) is 5.25. The molecule has 0 atom stereocenters. The fourth-order valence-corrected chi connectivity index (χ4v) is 2.02. The van der Waals surface area contributed by atoms with Gasteiger partial charge >= 0.3 is 0 Å². The monoisotopic (exact) mass is 294 g/mol. The van der Waals surface area contributed by atoms with Crippen LogP contribution in [0.2, 0.25) is 0 Å². The zero-order valence-electron chi connectivity index (χ0n) is 12.8. The molecule has 0 unspecified atom stereocenters. The number of amides is 1. The van der Waals surface area contributed by atoms with E-state index >= 15 is 0 Å². The Kier molecular flexibility index (Phi) is 6.10. The second-order valence-electron chi connectivity index (χ2n) is 5.25. The molecule has 0 saturated heterocycles. The number of rotatable bonds is 7. The molecular formula is C14H22N4O3. The van der Waals surface area contributed by atoms with E-state index in [2.05, 4.69) is 10.6 Å². The molecule has 0 aliphatic carbocycles. The zero-order chi connectivity index (χ0) is 16.0. The fraction of sp³-hybridized carbons (Fsp3) is 0.500. The number of carbonyl (C=O) groups excluding carboxylic acids is 1. The first-order chi connectivity index (χ1) is 9.83. The average Bonchev–Trinajstić information content (AvgIpc) is 2.36. The number of anilines is 1. The van der Waals surface area contributed by atoms with Crippen LogP contribution in [0.15, 0.2) is 18.2 Å². The average molecular weight is 294 g/mol. The lowest BCUT2D eigenvalue weighted by atomic mass is 10.1. The molecule has 0 spiro atoms. The van der Waals surface area contributed by atoms with Crippen LogP contribution in [0.4, 0.5) is 11.4 Å². The van der Waals surface area contributed by atoms with E-state index in [0.29, 0.717) is 12.2 Å². The van der Waals surface area contributed by atoms with Gasteiger partial charge in [0.1, 0.15) is 5.69 Å². The van der Waals surface area contributed by atoms with Crippen LogP contribution in [0.25, 0.3) is 0 Å². The number of carbonyl (C=O) groups is 1. The zero-order valence-corrected chi connectivity index (χ0v) is 12.8. The Hall–Kier alpha value is -2.15. The number of hydrogen-bond donors (Lipinski definition) is 2. The van der Waals surface area contributed by atoms with Crippen molar-refractivity contribution in [3.63, 3.8) is 0 Å². The molecule has 0 bridgehead atoms. The third kappa shape index (κ3) is 5.39. The van der Waals surface area contributed by atoms with Crippen molar-refractivity contribution in [2.24, 2.45) is 0 Å². The molecule has 0 radical (unpaired) electrons. The summed E-state index contributed by atoms with van der Waals surface area (Å²) in [6.07, 6.45) is 0. The summed E-state index contributed by atoms with van der Waals surface area (Å²) in [4.78, 5) is 24.0. The Labute approximate surface area is 124 Å². The highest BCUT2D eigenvalue weighted by atomic mass is 16.6. The minimum atomic E-state index is -0.421. The maximum absolute atomic E-state index is 11.7. The normalized spacial score (nSPS) is 10.8. The van der Waals surface area contributed by atoms with E-state index in [4.69, 9.17) is 0 Å². The predicted molar refractivity (Wildman–Crippen MR) is 82.3 cm³/mol. The first-order valence-electron chi connectivity index (χ1n) is 6.76. The molecule has 2 N–H and O–H groups in total. The van der Waals surface area contributed by atoms with E-state index in [1.807, 2.05) is 25.8 Å². The quantitative estimate of drug-likeness (QED) is 0.589. The number of benzene rings is 1. The van der Waals surface area contributed by atoms with Gasteiger partial charge in [-0.2, -0.15) is 0 Å². The van der Waals surface area contributed by atoms with Crippen LogP contribution in [0.1, 0.15) is 19.4 Å². The van der Waals surface area contributed by atoms with Gasteiger partial charge in [-0.1, -0.05) is 6.07 Å². The minimum Gasteiger partial charge on any atom is -0.383 e. The first kappa shape index (κ1) is 16.9. The van der Waals surface area contributed by atoms with E-state index in [9.17, 15) is 14.9 Å². The topological polar surface area (TPSA) is 87.5 Å². The second kappa shape index (κ2) is 7.58. The number of nitro benzene ring substituents is 1. The van der Waals surface area contributed by atoms with E-state index in [1.54, 1.807) is 19.2 Å². The van der Waals surface area contributed by atoms with Crippen LogP contribution >= 0.6 is 0 Å². The molecule has 7 heteroatoms. The number of likely N-dealkylation sites (N-methyl/N-ethyl adjacent to an activating group) is 1. The van der Waals surface area contributed by atoms with Crippen molar-refractivity contribution in [3.05, 3.63) is 33.9 Å². The van der Waals surface area contributed by atoms with Crippen molar-refractivity contribution in [2.75, 3.05) is 26.0 Å². The lowest BCUT2D eigenvalue weighted by molar-refractivity contribution is -0.384. The van der Waals surface area contributed by atoms with Crippen LogP contribution < -0.4 is 10.6 Å². The summed E-state index contributed by atoms with van der Waals surface area (Å²) in [5.74, 6) is -0.0387. The van der Waals surface area contributed by atoms with E-state index < -0.39 is 4.92 Å². The van der Waals surface area contributed by atoms with Crippen molar-refractivity contribution in [1.29, 1.82) is 0 Å². The van der Waals surface area contributed by atoms with E-state index in [-0.39, 0.29) is 24.2 Å². The molecule has 1 rings (SSSR count). The SMILES string of the molecule is CNc1cc(CN(C)CC(=O)NC(C)C)ccc1[N+](=O)[O-]. The highest BCUT2D eigenvalue weighted by Gasteiger charge is 2.14. The largest absolute Gasteiger partial charge is 0.383 e. The summed E-state index contributed by atoms with van der Waals surface area (Å²) in [5.41, 5.74) is 1.42. The Morgan fingerprint density at radius 3 is 2.62 bits per heavy atom. The van der Waals surface area contributed by atoms with Gasteiger partial charge in [0, 0.05) is 25.7 Å². The standard InChI is InChI=1S/C14H22N4O3/c1-10(2)16-14(19)9-17(4)8-11-5-6-13(18(20)21)12(7-11)15-3/h5-7,10,15H,8-9H2,1-4H3,(H,16,19). The van der Waals surface area contributed by atoms with Gasteiger partial charge in [-0.3, -0.25) is 19.8 Å². The molecule has 7 nitrogen and oxygen atoms in total.